The standard InChI is InChI=1S/C30H53BrN6O7Si2/c1-28(2,3)42-27(39)36(16-19(38)40-10)15-18-21(43-45(11,12)29(4,5)6)22(44-46(13,14)30(7,8)9)25(41-18)37-24-20(35-26(37)31)23(32)33-17-34-24/h17-18,21-22,25H,15-16H2,1-14H3,(H2,32,33,34)/t18-,21+,22?,25-/m1/s1. The number of hydrogen-bond acceptors (Lipinski definition) is 11. The van der Waals surface area contributed by atoms with Crippen LogP contribution in [-0.4, -0.2) is 97.2 Å². The van der Waals surface area contributed by atoms with E-state index in [1.807, 2.05) is 0 Å². The van der Waals surface area contributed by atoms with Crippen molar-refractivity contribution in [3.63, 3.8) is 0 Å². The van der Waals surface area contributed by atoms with E-state index in [2.05, 4.69) is 98.6 Å². The Morgan fingerprint density at radius 2 is 1.52 bits per heavy atom. The van der Waals surface area contributed by atoms with Crippen LogP contribution in [0.1, 0.15) is 68.5 Å². The molecule has 0 bridgehead atoms. The Kier molecular flexibility index (Phi) is 11.2. The Balaban J connectivity index is 2.25. The van der Waals surface area contributed by atoms with Crippen molar-refractivity contribution in [2.75, 3.05) is 25.9 Å². The Morgan fingerprint density at radius 1 is 0.978 bits per heavy atom. The number of halogens is 1. The number of ether oxygens (including phenoxy) is 3. The molecule has 1 amide bonds. The highest BCUT2D eigenvalue weighted by Gasteiger charge is 2.55. The summed E-state index contributed by atoms with van der Waals surface area (Å²) in [5.41, 5.74) is 6.26. The quantitative estimate of drug-likeness (QED) is 0.176. The van der Waals surface area contributed by atoms with Gasteiger partial charge in [-0.25, -0.2) is 19.7 Å². The average Bonchev–Trinajstić information content (AvgIpc) is 3.37. The van der Waals surface area contributed by atoms with E-state index in [4.69, 9.17) is 28.8 Å². The summed E-state index contributed by atoms with van der Waals surface area (Å²) in [6.07, 6.45) is -2.12. The number of fused-ring (bicyclic) bond motifs is 1. The van der Waals surface area contributed by atoms with Gasteiger partial charge in [0.1, 0.15) is 36.8 Å². The van der Waals surface area contributed by atoms with Crippen molar-refractivity contribution in [3.8, 4) is 0 Å². The molecule has 2 aromatic heterocycles. The van der Waals surface area contributed by atoms with Crippen molar-refractivity contribution >= 4 is 61.6 Å². The average molecular weight is 746 g/mol. The van der Waals surface area contributed by atoms with E-state index in [1.54, 1.807) is 25.3 Å². The summed E-state index contributed by atoms with van der Waals surface area (Å²) in [6, 6.07) is 0. The number of hydrogen-bond donors (Lipinski definition) is 1. The predicted octanol–water partition coefficient (Wildman–Crippen LogP) is 6.26. The highest BCUT2D eigenvalue weighted by atomic mass is 79.9. The lowest BCUT2D eigenvalue weighted by Crippen LogP contribution is -2.55. The second kappa shape index (κ2) is 13.4. The van der Waals surface area contributed by atoms with E-state index in [9.17, 15) is 9.59 Å². The first-order valence-corrected chi connectivity index (χ1v) is 22.1. The zero-order valence-corrected chi connectivity index (χ0v) is 33.4. The van der Waals surface area contributed by atoms with Gasteiger partial charge in [-0.15, -0.1) is 0 Å². The molecule has 0 saturated carbocycles. The van der Waals surface area contributed by atoms with Crippen molar-refractivity contribution in [2.24, 2.45) is 0 Å². The predicted molar refractivity (Wildman–Crippen MR) is 185 cm³/mol. The maximum atomic E-state index is 13.5. The van der Waals surface area contributed by atoms with Crippen LogP contribution in [0.25, 0.3) is 11.2 Å². The normalized spacial score (nSPS) is 21.5. The Morgan fingerprint density at radius 3 is 2.02 bits per heavy atom. The molecule has 1 unspecified atom stereocenters. The highest BCUT2D eigenvalue weighted by Crippen LogP contribution is 2.47. The molecule has 1 fully saturated rings. The summed E-state index contributed by atoms with van der Waals surface area (Å²) in [4.78, 5) is 40.6. The fraction of sp³-hybridized carbons (Fsp3) is 0.767. The number of amides is 1. The molecule has 16 heteroatoms. The number of esters is 1. The van der Waals surface area contributed by atoms with Crippen LogP contribution >= 0.6 is 15.9 Å². The molecule has 2 N–H and O–H groups in total. The second-order valence-corrected chi connectivity index (χ2v) is 26.1. The summed E-state index contributed by atoms with van der Waals surface area (Å²) in [5.74, 6) is -0.365. The minimum atomic E-state index is -2.47. The Bertz CT molecular complexity index is 1420. The molecule has 0 spiro atoms. The number of nitrogens with zero attached hydrogens (tertiary/aromatic N) is 5. The number of nitrogens with two attached hydrogens (primary N) is 1. The first-order valence-electron chi connectivity index (χ1n) is 15.5. The van der Waals surface area contributed by atoms with Crippen molar-refractivity contribution in [1.82, 2.24) is 24.4 Å². The Hall–Kier alpha value is -2.12. The molecule has 260 valence electrons. The molecular weight excluding hydrogens is 692 g/mol. The van der Waals surface area contributed by atoms with Crippen molar-refractivity contribution in [2.45, 2.75) is 129 Å². The number of carbonyl (C=O) groups excluding carboxylic acids is 2. The van der Waals surface area contributed by atoms with Gasteiger partial charge in [0, 0.05) is 0 Å². The third kappa shape index (κ3) is 8.48. The van der Waals surface area contributed by atoms with Gasteiger partial charge in [-0.1, -0.05) is 41.5 Å². The van der Waals surface area contributed by atoms with Gasteiger partial charge in [0.25, 0.3) is 0 Å². The number of anilines is 1. The SMILES string of the molecule is COC(=O)CN(C[C@H]1O[C@@H](n2c(Br)nc3c(N)ncnc32)C(O[Si](C)(C)C(C)(C)C)[C@H]1O[Si](C)(C)C(C)(C)C)C(=O)OC(C)(C)C. The molecule has 3 rings (SSSR count). The fourth-order valence-corrected chi connectivity index (χ4v) is 7.61. The highest BCUT2D eigenvalue weighted by molar-refractivity contribution is 9.10. The van der Waals surface area contributed by atoms with Gasteiger partial charge in [0.2, 0.25) is 0 Å². The van der Waals surface area contributed by atoms with E-state index in [0.717, 1.165) is 0 Å². The molecule has 2 aromatic rings. The molecule has 0 radical (unpaired) electrons. The number of imidazole rings is 1. The summed E-state index contributed by atoms with van der Waals surface area (Å²) in [7, 11) is -3.67. The Labute approximate surface area is 283 Å². The van der Waals surface area contributed by atoms with Gasteiger partial charge < -0.3 is 28.8 Å². The molecule has 1 aliphatic rings. The summed E-state index contributed by atoms with van der Waals surface area (Å²) >= 11 is 3.61. The minimum absolute atomic E-state index is 0.0292. The molecule has 0 aromatic carbocycles. The lowest BCUT2D eigenvalue weighted by molar-refractivity contribution is -0.142. The molecule has 0 aliphatic carbocycles. The monoisotopic (exact) mass is 744 g/mol. The number of aromatic nitrogens is 4. The van der Waals surface area contributed by atoms with Gasteiger partial charge in [-0.3, -0.25) is 14.3 Å². The van der Waals surface area contributed by atoms with Gasteiger partial charge in [-0.05, 0) is 73.0 Å². The van der Waals surface area contributed by atoms with Crippen LogP contribution in [0.2, 0.25) is 36.3 Å². The molecule has 1 saturated heterocycles. The zero-order chi connectivity index (χ0) is 35.2. The third-order valence-electron chi connectivity index (χ3n) is 9.08. The number of carbonyl (C=O) groups is 2. The lowest BCUT2D eigenvalue weighted by atomic mass is 10.1. The second-order valence-electron chi connectivity index (χ2n) is 15.9. The number of methoxy groups -OCH3 is 1. The van der Waals surface area contributed by atoms with Crippen LogP contribution in [0.3, 0.4) is 0 Å². The van der Waals surface area contributed by atoms with Gasteiger partial charge >= 0.3 is 12.1 Å². The van der Waals surface area contributed by atoms with Crippen LogP contribution in [0.15, 0.2) is 11.1 Å². The maximum absolute atomic E-state index is 13.5. The molecule has 13 nitrogen and oxygen atoms in total. The maximum Gasteiger partial charge on any atom is 0.410 e. The van der Waals surface area contributed by atoms with Crippen LogP contribution in [0.5, 0.6) is 0 Å². The fourth-order valence-electron chi connectivity index (χ4n) is 4.46. The molecule has 4 atom stereocenters. The smallest absolute Gasteiger partial charge is 0.410 e. The first-order chi connectivity index (χ1) is 20.8. The van der Waals surface area contributed by atoms with Gasteiger partial charge in [0.05, 0.1) is 13.7 Å². The number of nitrogen functional groups attached to an aromatic ring is 1. The summed E-state index contributed by atoms with van der Waals surface area (Å²) in [5, 5.41) is -0.302. The largest absolute Gasteiger partial charge is 0.468 e. The van der Waals surface area contributed by atoms with E-state index in [0.29, 0.717) is 15.9 Å². The van der Waals surface area contributed by atoms with E-state index in [1.165, 1.54) is 18.3 Å². The van der Waals surface area contributed by atoms with E-state index < -0.39 is 58.8 Å². The first kappa shape index (κ1) is 38.3. The van der Waals surface area contributed by atoms with Crippen molar-refractivity contribution in [1.29, 1.82) is 0 Å². The third-order valence-corrected chi connectivity index (χ3v) is 18.6. The minimum Gasteiger partial charge on any atom is -0.468 e. The van der Waals surface area contributed by atoms with Crippen molar-refractivity contribution < 1.29 is 32.7 Å². The van der Waals surface area contributed by atoms with Crippen LogP contribution < -0.4 is 5.73 Å². The van der Waals surface area contributed by atoms with Gasteiger partial charge in [-0.2, -0.15) is 0 Å². The summed E-state index contributed by atoms with van der Waals surface area (Å²) < 4.78 is 34.1. The number of rotatable bonds is 9. The van der Waals surface area contributed by atoms with Crippen LogP contribution in [-0.2, 0) is 27.9 Å². The van der Waals surface area contributed by atoms with Gasteiger partial charge in [0.15, 0.2) is 44.6 Å². The molecule has 1 aliphatic heterocycles. The topological polar surface area (TPSA) is 153 Å². The van der Waals surface area contributed by atoms with Crippen LogP contribution in [0.4, 0.5) is 10.6 Å². The lowest BCUT2D eigenvalue weighted by Gasteiger charge is -2.44. The molecule has 3 heterocycles. The van der Waals surface area contributed by atoms with E-state index >= 15 is 0 Å². The zero-order valence-electron chi connectivity index (χ0n) is 29.9. The van der Waals surface area contributed by atoms with Crippen LogP contribution in [0, 0.1) is 0 Å². The molecule has 46 heavy (non-hydrogen) atoms. The summed E-state index contributed by atoms with van der Waals surface area (Å²) in [6.45, 7) is 26.6. The molecular formula is C30H53BrN6O7Si2. The van der Waals surface area contributed by atoms with E-state index in [-0.39, 0.29) is 29.0 Å². The van der Waals surface area contributed by atoms with Crippen molar-refractivity contribution in [3.05, 3.63) is 11.1 Å².